The van der Waals surface area contributed by atoms with Gasteiger partial charge in [-0.1, -0.05) is 41.5 Å². The summed E-state index contributed by atoms with van der Waals surface area (Å²) in [7, 11) is 0. The van der Waals surface area contributed by atoms with Gasteiger partial charge in [0.2, 0.25) is 0 Å². The smallest absolute Gasteiger partial charge is 0.302 e. The number of carbonyl (C=O) groups excluding carboxylic acids is 6. The van der Waals surface area contributed by atoms with E-state index in [1.165, 1.54) is 41.5 Å². The van der Waals surface area contributed by atoms with Gasteiger partial charge in [0, 0.05) is 72.0 Å². The highest BCUT2D eigenvalue weighted by molar-refractivity contribution is 5.67. The number of nitrogens with zero attached hydrogens (tertiary/aromatic N) is 1. The fraction of sp³-hybridized carbons (Fsp3) is 0.824. The van der Waals surface area contributed by atoms with Gasteiger partial charge in [0.25, 0.3) is 0 Å². The van der Waals surface area contributed by atoms with Crippen molar-refractivity contribution in [3.05, 3.63) is 0 Å². The number of ether oxygens (including phenoxy) is 6. The first-order valence-corrected chi connectivity index (χ1v) is 15.7. The summed E-state index contributed by atoms with van der Waals surface area (Å²) in [5.41, 5.74) is -0.184. The first-order chi connectivity index (χ1) is 21.2. The summed E-state index contributed by atoms with van der Waals surface area (Å²) < 4.78 is 29.5. The Balaban J connectivity index is -0.000000620. The van der Waals surface area contributed by atoms with E-state index in [-0.39, 0.29) is 90.4 Å². The molecule has 0 saturated heterocycles. The van der Waals surface area contributed by atoms with Crippen molar-refractivity contribution in [1.29, 1.82) is 0 Å². The second kappa shape index (κ2) is 24.0. The third-order valence-electron chi connectivity index (χ3n) is 6.68. The zero-order chi connectivity index (χ0) is 37.6. The molecule has 0 aliphatic heterocycles. The lowest BCUT2D eigenvalue weighted by molar-refractivity contribution is -0.150. The molecule has 0 rings (SSSR count). The van der Waals surface area contributed by atoms with Crippen molar-refractivity contribution in [2.75, 3.05) is 52.7 Å². The molecular formula is C34H63NO12. The van der Waals surface area contributed by atoms with E-state index in [1.54, 1.807) is 0 Å². The van der Waals surface area contributed by atoms with Crippen LogP contribution in [-0.2, 0) is 57.2 Å². The molecule has 47 heavy (non-hydrogen) atoms. The van der Waals surface area contributed by atoms with Crippen LogP contribution >= 0.6 is 0 Å². The Bertz CT molecular complexity index is 852. The van der Waals surface area contributed by atoms with Crippen molar-refractivity contribution in [2.45, 2.75) is 109 Å². The van der Waals surface area contributed by atoms with Gasteiger partial charge in [-0.05, 0) is 31.6 Å². The monoisotopic (exact) mass is 677 g/mol. The molecule has 0 spiro atoms. The van der Waals surface area contributed by atoms with E-state index in [0.29, 0.717) is 26.3 Å². The van der Waals surface area contributed by atoms with Crippen LogP contribution in [0, 0.1) is 22.7 Å². The Morgan fingerprint density at radius 2 is 0.638 bits per heavy atom. The van der Waals surface area contributed by atoms with Gasteiger partial charge in [0.05, 0.1) is 26.4 Å². The predicted molar refractivity (Wildman–Crippen MR) is 177 cm³/mol. The lowest BCUT2D eigenvalue weighted by atomic mass is 9.82. The van der Waals surface area contributed by atoms with Crippen molar-refractivity contribution < 1.29 is 57.2 Å². The van der Waals surface area contributed by atoms with Gasteiger partial charge in [-0.15, -0.1) is 0 Å². The standard InChI is InChI=1S/C12H23NO4.2C11H20O4/c1-10(14)16-8-6-13(12(3,4)5)7-9-17-11(2)15;2*1-8(12)14-6-10(11(3,4)5)7-15-9(2)13/h6-9H2,1-5H3;2*10H,6-7H2,1-5H3. The quantitative estimate of drug-likeness (QED) is 0.183. The molecule has 0 aromatic heterocycles. The molecule has 0 aliphatic carbocycles. The highest BCUT2D eigenvalue weighted by atomic mass is 16.6. The highest BCUT2D eigenvalue weighted by Gasteiger charge is 2.28. The second-order valence-corrected chi connectivity index (χ2v) is 14.2. The molecule has 0 saturated carbocycles. The van der Waals surface area contributed by atoms with E-state index in [4.69, 9.17) is 28.4 Å². The van der Waals surface area contributed by atoms with Crippen molar-refractivity contribution in [2.24, 2.45) is 22.7 Å². The molecule has 0 aromatic rings. The maximum Gasteiger partial charge on any atom is 0.302 e. The van der Waals surface area contributed by atoms with E-state index in [0.717, 1.165) is 0 Å². The number of esters is 6. The molecular weight excluding hydrogens is 614 g/mol. The van der Waals surface area contributed by atoms with Crippen molar-refractivity contribution in [3.8, 4) is 0 Å². The molecule has 0 unspecified atom stereocenters. The summed E-state index contributed by atoms with van der Waals surface area (Å²) >= 11 is 0. The maximum absolute atomic E-state index is 10.7. The van der Waals surface area contributed by atoms with Gasteiger partial charge in [0.15, 0.2) is 0 Å². The van der Waals surface area contributed by atoms with E-state index in [9.17, 15) is 28.8 Å². The van der Waals surface area contributed by atoms with Crippen LogP contribution in [0.4, 0.5) is 0 Å². The molecule has 0 aliphatic rings. The molecule has 13 nitrogen and oxygen atoms in total. The molecule has 0 bridgehead atoms. The lowest BCUT2D eigenvalue weighted by Gasteiger charge is -2.35. The minimum absolute atomic E-state index is 0.0188. The Morgan fingerprint density at radius 1 is 0.426 bits per heavy atom. The van der Waals surface area contributed by atoms with Crippen molar-refractivity contribution in [3.63, 3.8) is 0 Å². The second-order valence-electron chi connectivity index (χ2n) is 14.2. The Kier molecular flexibility index (Phi) is 24.6. The molecule has 276 valence electrons. The molecule has 13 heteroatoms. The normalized spacial score (nSPS) is 11.4. The average Bonchev–Trinajstić information content (AvgIpc) is 2.85. The first kappa shape index (κ1) is 48.2. The van der Waals surface area contributed by atoms with Crippen molar-refractivity contribution >= 4 is 35.8 Å². The Morgan fingerprint density at radius 3 is 0.787 bits per heavy atom. The third-order valence-corrected chi connectivity index (χ3v) is 6.68. The largest absolute Gasteiger partial charge is 0.465 e. The molecule has 0 aromatic carbocycles. The summed E-state index contributed by atoms with van der Waals surface area (Å²) in [4.78, 5) is 66.2. The van der Waals surface area contributed by atoms with Gasteiger partial charge >= 0.3 is 35.8 Å². The van der Waals surface area contributed by atoms with Crippen LogP contribution in [0.15, 0.2) is 0 Å². The zero-order valence-corrected chi connectivity index (χ0v) is 31.7. The van der Waals surface area contributed by atoms with E-state index in [2.05, 4.69) is 25.7 Å². The van der Waals surface area contributed by atoms with Crippen LogP contribution in [0.5, 0.6) is 0 Å². The zero-order valence-electron chi connectivity index (χ0n) is 31.7. The van der Waals surface area contributed by atoms with Gasteiger partial charge in [-0.3, -0.25) is 33.7 Å². The van der Waals surface area contributed by atoms with Crippen LogP contribution in [0.1, 0.15) is 104 Å². The molecule has 0 heterocycles. The summed E-state index contributed by atoms with van der Waals surface area (Å²) in [5.74, 6) is -1.77. The molecule has 0 radical (unpaired) electrons. The van der Waals surface area contributed by atoms with E-state index < -0.39 is 0 Å². The lowest BCUT2D eigenvalue weighted by Crippen LogP contribution is -2.45. The van der Waals surface area contributed by atoms with Gasteiger partial charge in [-0.25, -0.2) is 0 Å². The summed E-state index contributed by atoms with van der Waals surface area (Å²) in [6.45, 7) is 29.6. The molecule has 0 amide bonds. The highest BCUT2D eigenvalue weighted by Crippen LogP contribution is 2.27. The fourth-order valence-corrected chi connectivity index (χ4v) is 3.35. The maximum atomic E-state index is 10.7. The SMILES string of the molecule is CC(=O)OCC(COC(C)=O)C(C)(C)C.CC(=O)OCC(COC(C)=O)C(C)(C)C.CC(=O)OCCN(CCOC(C)=O)C(C)(C)C. The first-order valence-electron chi connectivity index (χ1n) is 15.7. The molecule has 0 fully saturated rings. The minimum atomic E-state index is -0.313. The van der Waals surface area contributed by atoms with Crippen molar-refractivity contribution in [1.82, 2.24) is 4.90 Å². The predicted octanol–water partition coefficient (Wildman–Crippen LogP) is 4.76. The fourth-order valence-electron chi connectivity index (χ4n) is 3.35. The summed E-state index contributed by atoms with van der Waals surface area (Å²) in [6.07, 6.45) is 0. The van der Waals surface area contributed by atoms with Gasteiger partial charge < -0.3 is 28.4 Å². The topological polar surface area (TPSA) is 161 Å². The number of rotatable bonds is 14. The Hall–Kier alpha value is -3.22. The molecule has 0 N–H and O–H groups in total. The van der Waals surface area contributed by atoms with E-state index >= 15 is 0 Å². The van der Waals surface area contributed by atoms with Crippen LogP contribution in [0.25, 0.3) is 0 Å². The summed E-state index contributed by atoms with van der Waals surface area (Å²) in [6, 6.07) is 0. The Labute approximate surface area is 282 Å². The minimum Gasteiger partial charge on any atom is -0.465 e. The molecule has 0 atom stereocenters. The van der Waals surface area contributed by atoms with E-state index in [1.807, 2.05) is 41.5 Å². The number of hydrogen-bond acceptors (Lipinski definition) is 13. The van der Waals surface area contributed by atoms with Gasteiger partial charge in [-0.2, -0.15) is 0 Å². The average molecular weight is 678 g/mol. The van der Waals surface area contributed by atoms with Crippen LogP contribution in [0.2, 0.25) is 0 Å². The van der Waals surface area contributed by atoms with Crippen LogP contribution in [-0.4, -0.2) is 99.0 Å². The third kappa shape index (κ3) is 32.5. The summed E-state index contributed by atoms with van der Waals surface area (Å²) in [5, 5.41) is 0. The van der Waals surface area contributed by atoms with Gasteiger partial charge in [0.1, 0.15) is 13.2 Å². The van der Waals surface area contributed by atoms with Crippen LogP contribution in [0.3, 0.4) is 0 Å². The number of hydrogen-bond donors (Lipinski definition) is 0. The van der Waals surface area contributed by atoms with Crippen LogP contribution < -0.4 is 0 Å². The number of carbonyl (C=O) groups is 6.